The molecule has 196 valence electrons. The highest BCUT2D eigenvalue weighted by Crippen LogP contribution is 2.39. The number of hydrogen-bond acceptors (Lipinski definition) is 7. The monoisotopic (exact) mass is 563 g/mol. The number of halogens is 2. The lowest BCUT2D eigenvalue weighted by molar-refractivity contribution is 0.0595. The zero-order chi connectivity index (χ0) is 26.7. The van der Waals surface area contributed by atoms with Gasteiger partial charge < -0.3 is 19.1 Å². The number of benzene rings is 2. The first-order chi connectivity index (χ1) is 17.8. The minimum absolute atomic E-state index is 0.0178. The number of aromatic nitrogens is 1. The molecule has 1 unspecified atom stereocenters. The van der Waals surface area contributed by atoms with E-state index in [-0.39, 0.29) is 22.6 Å². The van der Waals surface area contributed by atoms with Gasteiger partial charge in [0.25, 0.3) is 11.8 Å². The summed E-state index contributed by atoms with van der Waals surface area (Å²) in [6, 6.07) is 9.75. The first kappa shape index (κ1) is 27.2. The minimum Gasteiger partial charge on any atom is -0.493 e. The van der Waals surface area contributed by atoms with E-state index in [1.807, 2.05) is 13.8 Å². The Kier molecular flexibility index (Phi) is 8.59. The van der Waals surface area contributed by atoms with Crippen molar-refractivity contribution in [1.29, 1.82) is 0 Å². The van der Waals surface area contributed by atoms with Crippen molar-refractivity contribution >= 4 is 57.2 Å². The second kappa shape index (κ2) is 11.7. The maximum atomic E-state index is 13.9. The minimum atomic E-state index is -0.431. The summed E-state index contributed by atoms with van der Waals surface area (Å²) >= 11 is 13.7. The van der Waals surface area contributed by atoms with Crippen molar-refractivity contribution in [3.8, 4) is 11.5 Å². The summed E-state index contributed by atoms with van der Waals surface area (Å²) in [6.07, 6.45) is 0.797. The number of nitrogens with zero attached hydrogens (tertiary/aromatic N) is 3. The summed E-state index contributed by atoms with van der Waals surface area (Å²) in [6.45, 7) is 5.46. The molecule has 2 amide bonds. The van der Waals surface area contributed by atoms with Gasteiger partial charge in [-0.25, -0.2) is 4.98 Å². The first-order valence-electron chi connectivity index (χ1n) is 11.7. The average Bonchev–Trinajstić information content (AvgIpc) is 3.50. The molecular weight excluding hydrogens is 537 g/mol. The number of amides is 2. The Labute approximate surface area is 229 Å². The highest BCUT2D eigenvalue weighted by Gasteiger charge is 2.32. The molecule has 1 aliphatic heterocycles. The number of likely N-dealkylation sites (tertiary alicyclic amines) is 1. The third-order valence-corrected chi connectivity index (χ3v) is 7.51. The van der Waals surface area contributed by atoms with Crippen molar-refractivity contribution < 1.29 is 23.8 Å². The van der Waals surface area contributed by atoms with E-state index in [2.05, 4.69) is 4.98 Å². The zero-order valence-electron chi connectivity index (χ0n) is 20.9. The molecule has 2 heterocycles. The molecule has 8 nitrogen and oxygen atoms in total. The van der Waals surface area contributed by atoms with Crippen molar-refractivity contribution in [3.05, 3.63) is 62.6 Å². The maximum absolute atomic E-state index is 13.9. The van der Waals surface area contributed by atoms with Crippen molar-refractivity contribution in [3.63, 3.8) is 0 Å². The van der Waals surface area contributed by atoms with Gasteiger partial charge in [-0.15, -0.1) is 11.3 Å². The van der Waals surface area contributed by atoms with E-state index in [0.29, 0.717) is 57.6 Å². The molecule has 4 rings (SSSR count). The van der Waals surface area contributed by atoms with Crippen LogP contribution in [-0.4, -0.2) is 61.7 Å². The number of aryl methyl sites for hydroxylation is 1. The van der Waals surface area contributed by atoms with E-state index in [1.165, 1.54) is 36.5 Å². The van der Waals surface area contributed by atoms with Crippen molar-refractivity contribution in [2.45, 2.75) is 26.4 Å². The maximum Gasteiger partial charge on any atom is 0.273 e. The van der Waals surface area contributed by atoms with Crippen LogP contribution < -0.4 is 14.4 Å². The molecule has 0 aliphatic carbocycles. The Balaban J connectivity index is 1.76. The van der Waals surface area contributed by atoms with Gasteiger partial charge in [0.15, 0.2) is 16.6 Å². The van der Waals surface area contributed by atoms with Gasteiger partial charge in [-0.3, -0.25) is 14.5 Å². The van der Waals surface area contributed by atoms with Gasteiger partial charge in [0.05, 0.1) is 36.6 Å². The Bertz CT molecular complexity index is 1320. The van der Waals surface area contributed by atoms with Gasteiger partial charge in [0, 0.05) is 35.7 Å². The molecule has 1 fully saturated rings. The Hall–Kier alpha value is -2.85. The van der Waals surface area contributed by atoms with Gasteiger partial charge in [-0.1, -0.05) is 23.2 Å². The van der Waals surface area contributed by atoms with Crippen LogP contribution in [0.3, 0.4) is 0 Å². The fourth-order valence-electron chi connectivity index (χ4n) is 4.17. The lowest BCUT2D eigenvalue weighted by atomic mass is 10.1. The van der Waals surface area contributed by atoms with Crippen LogP contribution in [0.5, 0.6) is 11.5 Å². The fourth-order valence-corrected chi connectivity index (χ4v) is 5.58. The fraction of sp³-hybridized carbons (Fsp3) is 0.346. The van der Waals surface area contributed by atoms with Crippen LogP contribution in [0.2, 0.25) is 10.0 Å². The van der Waals surface area contributed by atoms with E-state index in [0.717, 1.165) is 6.42 Å². The van der Waals surface area contributed by atoms with Crippen LogP contribution in [0.15, 0.2) is 36.4 Å². The number of carbonyl (C=O) groups is 2. The van der Waals surface area contributed by atoms with E-state index < -0.39 is 5.91 Å². The van der Waals surface area contributed by atoms with Crippen LogP contribution in [0.1, 0.15) is 39.1 Å². The molecule has 1 aliphatic rings. The lowest BCUT2D eigenvalue weighted by Gasteiger charge is -2.22. The number of methoxy groups -OCH3 is 2. The molecule has 3 aromatic rings. The summed E-state index contributed by atoms with van der Waals surface area (Å²) in [5.41, 5.74) is 1.01. The quantitative estimate of drug-likeness (QED) is 0.334. The Morgan fingerprint density at radius 2 is 1.89 bits per heavy atom. The van der Waals surface area contributed by atoms with Crippen LogP contribution in [-0.2, 0) is 4.74 Å². The molecule has 0 radical (unpaired) electrons. The Morgan fingerprint density at radius 1 is 1.14 bits per heavy atom. The number of carbonyl (C=O) groups excluding carboxylic acids is 2. The normalized spacial score (nSPS) is 15.1. The van der Waals surface area contributed by atoms with E-state index in [4.69, 9.17) is 37.4 Å². The van der Waals surface area contributed by atoms with Crippen LogP contribution >= 0.6 is 34.5 Å². The molecular formula is C26H27Cl2N3O5S. The van der Waals surface area contributed by atoms with Crippen molar-refractivity contribution in [2.24, 2.45) is 0 Å². The van der Waals surface area contributed by atoms with Gasteiger partial charge in [-0.05, 0) is 50.6 Å². The summed E-state index contributed by atoms with van der Waals surface area (Å²) in [5.74, 6) is 0.321. The molecule has 0 bridgehead atoms. The highest BCUT2D eigenvalue weighted by atomic mass is 35.5. The summed E-state index contributed by atoms with van der Waals surface area (Å²) in [4.78, 5) is 35.7. The van der Waals surface area contributed by atoms with Gasteiger partial charge in [0.1, 0.15) is 5.69 Å². The highest BCUT2D eigenvalue weighted by molar-refractivity contribution is 7.16. The number of hydrogen-bond donors (Lipinski definition) is 0. The molecule has 1 atom stereocenters. The van der Waals surface area contributed by atoms with E-state index in [9.17, 15) is 9.59 Å². The second-order valence-corrected chi connectivity index (χ2v) is 10.3. The topological polar surface area (TPSA) is 81.2 Å². The average molecular weight is 564 g/mol. The van der Waals surface area contributed by atoms with Crippen LogP contribution in [0.25, 0.3) is 0 Å². The van der Waals surface area contributed by atoms with E-state index >= 15 is 0 Å². The molecule has 0 N–H and O–H groups in total. The summed E-state index contributed by atoms with van der Waals surface area (Å²) in [7, 11) is 3.05. The Morgan fingerprint density at radius 3 is 2.57 bits per heavy atom. The molecule has 37 heavy (non-hydrogen) atoms. The molecule has 11 heteroatoms. The number of rotatable bonds is 8. The van der Waals surface area contributed by atoms with Crippen LogP contribution in [0.4, 0.5) is 10.8 Å². The third-order valence-electron chi connectivity index (χ3n) is 6.00. The van der Waals surface area contributed by atoms with Gasteiger partial charge in [0.2, 0.25) is 0 Å². The van der Waals surface area contributed by atoms with Crippen molar-refractivity contribution in [1.82, 2.24) is 9.88 Å². The van der Waals surface area contributed by atoms with Gasteiger partial charge >= 0.3 is 0 Å². The van der Waals surface area contributed by atoms with Crippen LogP contribution in [0, 0.1) is 6.92 Å². The van der Waals surface area contributed by atoms with Crippen molar-refractivity contribution in [2.75, 3.05) is 38.8 Å². The lowest BCUT2D eigenvalue weighted by Crippen LogP contribution is -2.31. The number of ether oxygens (including phenoxy) is 3. The standard InChI is InChI=1S/C26H27Cl2N3O5S/c1-5-36-18-10-11-30(14-18)25(33)23-15(2)37-26(29-23)31(17-7-9-21(34-3)22(13-17)35-4)24(32)19-8-6-16(27)12-20(19)28/h6-9,12-13,18H,5,10-11,14H2,1-4H3. The summed E-state index contributed by atoms with van der Waals surface area (Å²) < 4.78 is 16.5. The third kappa shape index (κ3) is 5.70. The van der Waals surface area contributed by atoms with Gasteiger partial charge in [-0.2, -0.15) is 0 Å². The molecule has 1 saturated heterocycles. The smallest absolute Gasteiger partial charge is 0.273 e. The first-order valence-corrected chi connectivity index (χ1v) is 13.2. The predicted molar refractivity (Wildman–Crippen MR) is 145 cm³/mol. The second-order valence-electron chi connectivity index (χ2n) is 8.32. The largest absolute Gasteiger partial charge is 0.493 e. The molecule has 0 saturated carbocycles. The SMILES string of the molecule is CCOC1CCN(C(=O)c2nc(N(C(=O)c3ccc(Cl)cc3Cl)c3ccc(OC)c(OC)c3)sc2C)C1. The predicted octanol–water partition coefficient (Wildman–Crippen LogP) is 6.01. The molecule has 2 aromatic carbocycles. The zero-order valence-corrected chi connectivity index (χ0v) is 23.2. The molecule has 0 spiro atoms. The molecule has 1 aromatic heterocycles. The number of anilines is 2. The van der Waals surface area contributed by atoms with E-state index in [1.54, 1.807) is 35.2 Å². The number of thiazole rings is 1. The summed E-state index contributed by atoms with van der Waals surface area (Å²) in [5, 5.41) is 0.935.